The quantitative estimate of drug-likeness (QED) is 0.473. The fraction of sp³-hybridized carbons (Fsp3) is 0.636. The van der Waals surface area contributed by atoms with E-state index in [1.807, 2.05) is 4.90 Å². The fourth-order valence-corrected chi connectivity index (χ4v) is 2.78. The van der Waals surface area contributed by atoms with Crippen molar-refractivity contribution < 1.29 is 27.5 Å². The van der Waals surface area contributed by atoms with Crippen LogP contribution in [0.15, 0.2) is 12.2 Å². The van der Waals surface area contributed by atoms with Crippen LogP contribution in [-0.2, 0) is 28.9 Å². The summed E-state index contributed by atoms with van der Waals surface area (Å²) in [6.45, 7) is 1.55. The topological polar surface area (TPSA) is 90.0 Å². The highest BCUT2D eigenvalue weighted by Crippen LogP contribution is 2.03. The molecule has 8 heteroatoms. The summed E-state index contributed by atoms with van der Waals surface area (Å²) < 4.78 is 31.6. The first-order valence-corrected chi connectivity index (χ1v) is 7.60. The Morgan fingerprint density at radius 1 is 1.16 bits per heavy atom. The van der Waals surface area contributed by atoms with Crippen LogP contribution < -0.4 is 0 Å². The third-order valence-electron chi connectivity index (χ3n) is 2.65. The molecule has 0 aliphatic carbocycles. The third-order valence-corrected chi connectivity index (χ3v) is 4.25. The number of esters is 2. The van der Waals surface area contributed by atoms with Crippen molar-refractivity contribution in [3.63, 3.8) is 0 Å². The molecule has 1 fully saturated rings. The molecular formula is C11H17NO6S. The number of rotatable bonds is 5. The summed E-state index contributed by atoms with van der Waals surface area (Å²) >= 11 is 0. The van der Waals surface area contributed by atoms with Crippen LogP contribution in [0.3, 0.4) is 0 Å². The van der Waals surface area contributed by atoms with Crippen LogP contribution in [-0.4, -0.2) is 70.1 Å². The van der Waals surface area contributed by atoms with Crippen LogP contribution in [0.1, 0.15) is 0 Å². The van der Waals surface area contributed by atoms with Crippen molar-refractivity contribution in [2.45, 2.75) is 0 Å². The zero-order valence-electron chi connectivity index (χ0n) is 10.7. The molecule has 0 N–H and O–H groups in total. The maximum atomic E-state index is 11.2. The van der Waals surface area contributed by atoms with Gasteiger partial charge in [-0.05, 0) is 0 Å². The van der Waals surface area contributed by atoms with Gasteiger partial charge in [0.05, 0.1) is 18.6 Å². The largest absolute Gasteiger partial charge is 0.466 e. The van der Waals surface area contributed by atoms with Gasteiger partial charge < -0.3 is 9.47 Å². The summed E-state index contributed by atoms with van der Waals surface area (Å²) in [5.74, 6) is -0.972. The van der Waals surface area contributed by atoms with Crippen molar-refractivity contribution in [2.24, 2.45) is 0 Å². The molecule has 1 rings (SSSR count). The Labute approximate surface area is 112 Å². The third kappa shape index (κ3) is 6.35. The molecule has 0 radical (unpaired) electrons. The smallest absolute Gasteiger partial charge is 0.331 e. The Bertz CT molecular complexity index is 442. The Morgan fingerprint density at radius 3 is 2.32 bits per heavy atom. The van der Waals surface area contributed by atoms with Gasteiger partial charge in [-0.15, -0.1) is 0 Å². The Balaban J connectivity index is 2.19. The second-order valence-corrected chi connectivity index (χ2v) is 6.32. The molecule has 0 aromatic heterocycles. The average molecular weight is 291 g/mol. The van der Waals surface area contributed by atoms with Crippen LogP contribution in [0.5, 0.6) is 0 Å². The minimum Gasteiger partial charge on any atom is -0.466 e. The minimum absolute atomic E-state index is 0.142. The molecular weight excluding hydrogens is 274 g/mol. The highest BCUT2D eigenvalue weighted by molar-refractivity contribution is 7.91. The molecule has 0 saturated carbocycles. The number of hydrogen-bond donors (Lipinski definition) is 0. The van der Waals surface area contributed by atoms with Crippen LogP contribution in [0.4, 0.5) is 0 Å². The Kier molecular flexibility index (Phi) is 5.97. The highest BCUT2D eigenvalue weighted by Gasteiger charge is 2.21. The van der Waals surface area contributed by atoms with Gasteiger partial charge in [0.15, 0.2) is 9.84 Å². The number of ether oxygens (including phenoxy) is 2. The number of carbonyl (C=O) groups excluding carboxylic acids is 2. The van der Waals surface area contributed by atoms with E-state index < -0.39 is 21.8 Å². The summed E-state index contributed by atoms with van der Waals surface area (Å²) in [6.07, 6.45) is 1.97. The molecule has 7 nitrogen and oxygen atoms in total. The number of carbonyl (C=O) groups is 2. The van der Waals surface area contributed by atoms with Crippen molar-refractivity contribution in [1.82, 2.24) is 4.90 Å². The Hall–Kier alpha value is -1.41. The maximum Gasteiger partial charge on any atom is 0.331 e. The van der Waals surface area contributed by atoms with E-state index in [4.69, 9.17) is 4.74 Å². The van der Waals surface area contributed by atoms with Crippen LogP contribution in [0.2, 0.25) is 0 Å². The second kappa shape index (κ2) is 7.25. The molecule has 0 bridgehead atoms. The van der Waals surface area contributed by atoms with Gasteiger partial charge in [0.25, 0.3) is 0 Å². The molecule has 0 spiro atoms. The van der Waals surface area contributed by atoms with Gasteiger partial charge >= 0.3 is 11.9 Å². The molecule has 0 aromatic rings. The van der Waals surface area contributed by atoms with E-state index in [1.54, 1.807) is 0 Å². The minimum atomic E-state index is -2.89. The fourth-order valence-electron chi connectivity index (χ4n) is 1.50. The Morgan fingerprint density at radius 2 is 1.74 bits per heavy atom. The SMILES string of the molecule is COC(=O)C=CC(=O)OCCN1CCS(=O)(=O)CC1. The first kappa shape index (κ1) is 15.6. The highest BCUT2D eigenvalue weighted by atomic mass is 32.2. The van der Waals surface area contributed by atoms with Gasteiger partial charge in [-0.25, -0.2) is 18.0 Å². The van der Waals surface area contributed by atoms with Gasteiger partial charge in [-0.3, -0.25) is 4.90 Å². The van der Waals surface area contributed by atoms with E-state index in [1.165, 1.54) is 7.11 Å². The standard InChI is InChI=1S/C11H17NO6S/c1-17-10(13)2-3-11(14)18-7-4-12-5-8-19(15,16)9-6-12/h2-3H,4-9H2,1H3. The molecule has 1 aliphatic heterocycles. The van der Waals surface area contributed by atoms with E-state index in [-0.39, 0.29) is 18.1 Å². The molecule has 19 heavy (non-hydrogen) atoms. The lowest BCUT2D eigenvalue weighted by molar-refractivity contribution is -0.139. The lowest BCUT2D eigenvalue weighted by atomic mass is 10.4. The number of methoxy groups -OCH3 is 1. The van der Waals surface area contributed by atoms with E-state index in [0.29, 0.717) is 19.6 Å². The molecule has 1 heterocycles. The molecule has 0 unspecified atom stereocenters. The number of nitrogens with zero attached hydrogens (tertiary/aromatic N) is 1. The number of hydrogen-bond acceptors (Lipinski definition) is 7. The van der Waals surface area contributed by atoms with E-state index in [2.05, 4.69) is 4.74 Å². The van der Waals surface area contributed by atoms with Crippen molar-refractivity contribution in [3.05, 3.63) is 12.2 Å². The number of sulfone groups is 1. The van der Waals surface area contributed by atoms with Gasteiger partial charge in [0.1, 0.15) is 6.61 Å². The summed E-state index contributed by atoms with van der Waals surface area (Å²) in [7, 11) is -1.68. The predicted molar refractivity (Wildman–Crippen MR) is 67.2 cm³/mol. The van der Waals surface area contributed by atoms with Gasteiger partial charge in [-0.2, -0.15) is 0 Å². The summed E-state index contributed by atoms with van der Waals surface area (Å²) in [5.41, 5.74) is 0. The lowest BCUT2D eigenvalue weighted by Crippen LogP contribution is -2.41. The van der Waals surface area contributed by atoms with E-state index in [0.717, 1.165) is 12.2 Å². The molecule has 1 aliphatic rings. The van der Waals surface area contributed by atoms with Crippen molar-refractivity contribution >= 4 is 21.8 Å². The van der Waals surface area contributed by atoms with Crippen molar-refractivity contribution in [3.8, 4) is 0 Å². The lowest BCUT2D eigenvalue weighted by Gasteiger charge is -2.25. The second-order valence-electron chi connectivity index (χ2n) is 4.02. The molecule has 0 aromatic carbocycles. The van der Waals surface area contributed by atoms with Crippen molar-refractivity contribution in [2.75, 3.05) is 44.9 Å². The molecule has 0 amide bonds. The van der Waals surface area contributed by atoms with Crippen molar-refractivity contribution in [1.29, 1.82) is 0 Å². The summed E-state index contributed by atoms with van der Waals surface area (Å²) in [4.78, 5) is 23.8. The predicted octanol–water partition coefficient (Wildman–Crippen LogP) is -1.01. The first-order chi connectivity index (χ1) is 8.93. The monoisotopic (exact) mass is 291 g/mol. The van der Waals surface area contributed by atoms with Crippen LogP contribution in [0.25, 0.3) is 0 Å². The van der Waals surface area contributed by atoms with Gasteiger partial charge in [-0.1, -0.05) is 0 Å². The van der Waals surface area contributed by atoms with Crippen LogP contribution >= 0.6 is 0 Å². The summed E-state index contributed by atoms with van der Waals surface area (Å²) in [6, 6.07) is 0. The van der Waals surface area contributed by atoms with E-state index >= 15 is 0 Å². The first-order valence-electron chi connectivity index (χ1n) is 5.78. The van der Waals surface area contributed by atoms with E-state index in [9.17, 15) is 18.0 Å². The normalized spacial score (nSPS) is 19.2. The zero-order chi connectivity index (χ0) is 14.3. The maximum absolute atomic E-state index is 11.2. The van der Waals surface area contributed by atoms with Gasteiger partial charge in [0.2, 0.25) is 0 Å². The molecule has 1 saturated heterocycles. The van der Waals surface area contributed by atoms with Gasteiger partial charge in [0, 0.05) is 31.8 Å². The zero-order valence-corrected chi connectivity index (χ0v) is 11.5. The molecule has 0 atom stereocenters. The van der Waals surface area contributed by atoms with Crippen LogP contribution in [0, 0.1) is 0 Å². The average Bonchev–Trinajstić information content (AvgIpc) is 2.38. The summed E-state index contributed by atoms with van der Waals surface area (Å²) in [5, 5.41) is 0. The molecule has 108 valence electrons.